The molecular formula is C52H32N2O. The van der Waals surface area contributed by atoms with E-state index in [1.807, 2.05) is 18.3 Å². The van der Waals surface area contributed by atoms with Gasteiger partial charge in [0.2, 0.25) is 0 Å². The van der Waals surface area contributed by atoms with Crippen molar-refractivity contribution in [3.8, 4) is 55.8 Å². The van der Waals surface area contributed by atoms with E-state index < -0.39 is 0 Å². The van der Waals surface area contributed by atoms with E-state index in [1.54, 1.807) is 0 Å². The molecule has 0 amide bonds. The van der Waals surface area contributed by atoms with Crippen molar-refractivity contribution in [3.05, 3.63) is 194 Å². The molecule has 2 heterocycles. The molecule has 0 unspecified atom stereocenters. The number of aromatic nitrogens is 2. The van der Waals surface area contributed by atoms with Crippen LogP contribution in [0.1, 0.15) is 0 Å². The molecule has 0 spiro atoms. The Morgan fingerprint density at radius 3 is 1.45 bits per heavy atom. The van der Waals surface area contributed by atoms with Crippen molar-refractivity contribution in [1.29, 1.82) is 0 Å². The second-order valence-electron chi connectivity index (χ2n) is 14.1. The molecule has 0 bridgehead atoms. The van der Waals surface area contributed by atoms with E-state index >= 15 is 0 Å². The van der Waals surface area contributed by atoms with Crippen molar-refractivity contribution in [1.82, 2.24) is 9.97 Å². The van der Waals surface area contributed by atoms with E-state index in [2.05, 4.69) is 176 Å². The summed E-state index contributed by atoms with van der Waals surface area (Å²) in [6, 6.07) is 66.6. The average Bonchev–Trinajstić information content (AvgIpc) is 3.66. The van der Waals surface area contributed by atoms with Gasteiger partial charge in [0.15, 0.2) is 0 Å². The van der Waals surface area contributed by atoms with Crippen LogP contribution in [-0.2, 0) is 0 Å². The lowest BCUT2D eigenvalue weighted by molar-refractivity contribution is 0.670. The van der Waals surface area contributed by atoms with E-state index in [1.165, 1.54) is 33.0 Å². The molecule has 2 aromatic heterocycles. The minimum atomic E-state index is 0.864. The molecule has 0 aliphatic heterocycles. The summed E-state index contributed by atoms with van der Waals surface area (Å²) in [5.41, 5.74) is 14.9. The third-order valence-corrected chi connectivity index (χ3v) is 10.9. The Kier molecular flexibility index (Phi) is 7.17. The zero-order valence-electron chi connectivity index (χ0n) is 29.8. The van der Waals surface area contributed by atoms with Crippen molar-refractivity contribution >= 4 is 54.5 Å². The van der Waals surface area contributed by atoms with Crippen LogP contribution in [0.2, 0.25) is 0 Å². The Hall–Kier alpha value is -7.36. The molecule has 0 N–H and O–H groups in total. The topological polar surface area (TPSA) is 38.9 Å². The molecular weight excluding hydrogens is 669 g/mol. The van der Waals surface area contributed by atoms with Gasteiger partial charge >= 0.3 is 0 Å². The van der Waals surface area contributed by atoms with Gasteiger partial charge in [-0.15, -0.1) is 0 Å². The lowest BCUT2D eigenvalue weighted by Gasteiger charge is -2.11. The first kappa shape index (κ1) is 31.2. The van der Waals surface area contributed by atoms with Gasteiger partial charge in [0.05, 0.1) is 22.9 Å². The third kappa shape index (κ3) is 5.28. The van der Waals surface area contributed by atoms with Gasteiger partial charge in [-0.1, -0.05) is 170 Å². The maximum Gasteiger partial charge on any atom is 0.143 e. The average molecular weight is 701 g/mol. The number of hydrogen-bond acceptors (Lipinski definition) is 3. The van der Waals surface area contributed by atoms with E-state index in [4.69, 9.17) is 14.4 Å². The zero-order valence-corrected chi connectivity index (χ0v) is 29.8. The molecule has 0 radical (unpaired) electrons. The predicted molar refractivity (Wildman–Crippen MR) is 229 cm³/mol. The Morgan fingerprint density at radius 1 is 0.327 bits per heavy atom. The van der Waals surface area contributed by atoms with Gasteiger partial charge in [-0.3, -0.25) is 4.98 Å². The highest BCUT2D eigenvalue weighted by Gasteiger charge is 2.14. The van der Waals surface area contributed by atoms with Crippen LogP contribution < -0.4 is 0 Å². The molecule has 3 heteroatoms. The van der Waals surface area contributed by atoms with Gasteiger partial charge in [-0.05, 0) is 67.9 Å². The van der Waals surface area contributed by atoms with E-state index in [0.717, 1.165) is 77.3 Å². The number of hydrogen-bond donors (Lipinski definition) is 0. The third-order valence-electron chi connectivity index (χ3n) is 10.9. The standard InChI is InChI=1S/C52H32N2O/c1-3-17-45-42(14-1)43-15-2-4-18-46(43)51-50(45)53-32-48(54-51)40-13-8-11-38(31-40)36-28-24-34(25-29-36)33-22-26-35(27-23-33)37-10-7-12-39(30-37)41-19-9-20-47-44-16-5-6-21-49(44)55-52(41)47/h1-32H. The summed E-state index contributed by atoms with van der Waals surface area (Å²) in [5, 5.41) is 6.93. The maximum atomic E-state index is 6.34. The molecule has 0 saturated carbocycles. The normalized spacial score (nSPS) is 11.6. The summed E-state index contributed by atoms with van der Waals surface area (Å²) in [5.74, 6) is 0. The van der Waals surface area contributed by atoms with Gasteiger partial charge in [0.1, 0.15) is 11.2 Å². The summed E-state index contributed by atoms with van der Waals surface area (Å²) >= 11 is 0. The largest absolute Gasteiger partial charge is 0.455 e. The van der Waals surface area contributed by atoms with Gasteiger partial charge in [-0.25, -0.2) is 4.98 Å². The van der Waals surface area contributed by atoms with E-state index in [9.17, 15) is 0 Å². The number of rotatable bonds is 5. The molecule has 55 heavy (non-hydrogen) atoms. The summed E-state index contributed by atoms with van der Waals surface area (Å²) < 4.78 is 6.34. The molecule has 0 aliphatic carbocycles. The number of para-hydroxylation sites is 2. The van der Waals surface area contributed by atoms with Crippen molar-refractivity contribution in [2.45, 2.75) is 0 Å². The van der Waals surface area contributed by atoms with Crippen LogP contribution in [0.5, 0.6) is 0 Å². The van der Waals surface area contributed by atoms with Gasteiger partial charge < -0.3 is 4.42 Å². The monoisotopic (exact) mass is 700 g/mol. The van der Waals surface area contributed by atoms with Crippen LogP contribution in [0.4, 0.5) is 0 Å². The number of furan rings is 1. The fourth-order valence-corrected chi connectivity index (χ4v) is 8.17. The van der Waals surface area contributed by atoms with Crippen LogP contribution in [0, 0.1) is 0 Å². The minimum Gasteiger partial charge on any atom is -0.455 e. The van der Waals surface area contributed by atoms with Crippen LogP contribution in [0.3, 0.4) is 0 Å². The quantitative estimate of drug-likeness (QED) is 0.168. The summed E-state index contributed by atoms with van der Waals surface area (Å²) in [6.07, 6.45) is 1.91. The van der Waals surface area contributed by atoms with Crippen LogP contribution >= 0.6 is 0 Å². The summed E-state index contributed by atoms with van der Waals surface area (Å²) in [4.78, 5) is 10.2. The fraction of sp³-hybridized carbons (Fsp3) is 0. The highest BCUT2D eigenvalue weighted by Crippen LogP contribution is 2.38. The highest BCUT2D eigenvalue weighted by molar-refractivity contribution is 6.23. The zero-order chi connectivity index (χ0) is 36.3. The van der Waals surface area contributed by atoms with Gasteiger partial charge in [0, 0.05) is 32.7 Å². The molecule has 0 atom stereocenters. The summed E-state index contributed by atoms with van der Waals surface area (Å²) in [6.45, 7) is 0. The molecule has 0 aliphatic rings. The van der Waals surface area contributed by atoms with Crippen molar-refractivity contribution < 1.29 is 4.42 Å². The van der Waals surface area contributed by atoms with Crippen LogP contribution in [0.25, 0.3) is 110 Å². The van der Waals surface area contributed by atoms with Gasteiger partial charge in [-0.2, -0.15) is 0 Å². The predicted octanol–water partition coefficient (Wildman–Crippen LogP) is 14.2. The second kappa shape index (κ2) is 12.6. The van der Waals surface area contributed by atoms with E-state index in [0.29, 0.717) is 0 Å². The molecule has 11 rings (SSSR count). The van der Waals surface area contributed by atoms with Crippen molar-refractivity contribution in [2.75, 3.05) is 0 Å². The van der Waals surface area contributed by atoms with Crippen molar-refractivity contribution in [2.24, 2.45) is 0 Å². The highest BCUT2D eigenvalue weighted by atomic mass is 16.3. The van der Waals surface area contributed by atoms with Crippen molar-refractivity contribution in [3.63, 3.8) is 0 Å². The minimum absolute atomic E-state index is 0.864. The smallest absolute Gasteiger partial charge is 0.143 e. The first-order valence-electron chi connectivity index (χ1n) is 18.6. The fourth-order valence-electron chi connectivity index (χ4n) is 8.17. The Balaban J connectivity index is 0.871. The van der Waals surface area contributed by atoms with Crippen LogP contribution in [0.15, 0.2) is 199 Å². The molecule has 11 aromatic rings. The molecule has 256 valence electrons. The lowest BCUT2D eigenvalue weighted by atomic mass is 9.95. The first-order valence-corrected chi connectivity index (χ1v) is 18.6. The molecule has 3 nitrogen and oxygen atoms in total. The Bertz CT molecular complexity index is 3210. The second-order valence-corrected chi connectivity index (χ2v) is 14.1. The van der Waals surface area contributed by atoms with E-state index in [-0.39, 0.29) is 0 Å². The molecule has 9 aromatic carbocycles. The lowest BCUT2D eigenvalue weighted by Crippen LogP contribution is -1.92. The Morgan fingerprint density at radius 2 is 0.800 bits per heavy atom. The molecule has 0 fully saturated rings. The SMILES string of the molecule is c1cc(-c2ccc(-c3ccc(-c4cccc(-c5cccc6c5oc5ccccc56)c4)cc3)cc2)cc(-c2cnc3c4ccccc4c4ccccc4c3n2)c1. The summed E-state index contributed by atoms with van der Waals surface area (Å²) in [7, 11) is 0. The number of nitrogens with zero attached hydrogens (tertiary/aromatic N) is 2. The number of fused-ring (bicyclic) bond motifs is 9. The van der Waals surface area contributed by atoms with Crippen LogP contribution in [-0.4, -0.2) is 9.97 Å². The maximum absolute atomic E-state index is 6.34. The molecule has 0 saturated heterocycles. The van der Waals surface area contributed by atoms with Gasteiger partial charge in [0.25, 0.3) is 0 Å². The number of benzene rings is 9. The first-order chi connectivity index (χ1) is 27.2. The Labute approximate surface area is 317 Å².